The Morgan fingerprint density at radius 3 is 2.66 bits per heavy atom. The van der Waals surface area contributed by atoms with Crippen LogP contribution in [0.4, 0.5) is 0 Å². The molecule has 9 heteroatoms. The van der Waals surface area contributed by atoms with Gasteiger partial charge in [-0.3, -0.25) is 4.68 Å². The highest BCUT2D eigenvalue weighted by Crippen LogP contribution is 2.38. The molecule has 0 amide bonds. The Kier molecular flexibility index (Phi) is 5.50. The first-order chi connectivity index (χ1) is 13.7. The van der Waals surface area contributed by atoms with E-state index in [1.807, 2.05) is 36.1 Å². The number of ether oxygens (including phenoxy) is 1. The molecule has 0 spiro atoms. The summed E-state index contributed by atoms with van der Waals surface area (Å²) in [4.78, 5) is 9.00. The zero-order chi connectivity index (χ0) is 20.8. The van der Waals surface area contributed by atoms with Gasteiger partial charge in [0.2, 0.25) is 0 Å². The molecule has 3 aromatic heterocycles. The molecule has 0 aliphatic carbocycles. The molecule has 0 N–H and O–H groups in total. The Morgan fingerprint density at radius 2 is 1.90 bits per heavy atom. The summed E-state index contributed by atoms with van der Waals surface area (Å²) in [5.41, 5.74) is 4.05. The Hall–Kier alpha value is -1.80. The van der Waals surface area contributed by atoms with Gasteiger partial charge in [0.15, 0.2) is 5.65 Å². The summed E-state index contributed by atoms with van der Waals surface area (Å²) in [6.45, 7) is 1.08. The number of hydrogen-bond donors (Lipinski definition) is 0. The Labute approximate surface area is 181 Å². The third-order valence-electron chi connectivity index (χ3n) is 4.64. The van der Waals surface area contributed by atoms with Crippen molar-refractivity contribution in [2.75, 3.05) is 31.1 Å². The van der Waals surface area contributed by atoms with Gasteiger partial charge in [-0.25, -0.2) is 20.0 Å². The number of aryl methyl sites for hydroxylation is 1. The highest BCUT2D eigenvalue weighted by atomic mass is 35.5. The predicted octanol–water partition coefficient (Wildman–Crippen LogP) is 4.96. The SMILES string of the molecule is Cn1cc2c(Cl)c(-c3cn(COCCS(C)(C)C)c4nc(Cl)cnc34)ccc2n1. The zero-order valence-corrected chi connectivity index (χ0v) is 19.1. The minimum atomic E-state index is -0.599. The summed E-state index contributed by atoms with van der Waals surface area (Å²) in [6, 6.07) is 3.93. The van der Waals surface area contributed by atoms with Gasteiger partial charge in [-0.15, -0.1) is 0 Å². The van der Waals surface area contributed by atoms with Crippen molar-refractivity contribution >= 4 is 55.3 Å². The highest BCUT2D eigenvalue weighted by molar-refractivity contribution is 8.32. The van der Waals surface area contributed by atoms with Crippen LogP contribution in [0, 0.1) is 0 Å². The van der Waals surface area contributed by atoms with Gasteiger partial charge in [-0.2, -0.15) is 5.10 Å². The molecule has 4 aromatic rings. The Balaban J connectivity index is 1.74. The maximum atomic E-state index is 6.74. The third kappa shape index (κ3) is 4.23. The second kappa shape index (κ2) is 7.80. The lowest BCUT2D eigenvalue weighted by molar-refractivity contribution is 0.0924. The van der Waals surface area contributed by atoms with Crippen molar-refractivity contribution in [1.82, 2.24) is 24.3 Å². The van der Waals surface area contributed by atoms with Gasteiger partial charge in [0.05, 0.1) is 23.3 Å². The summed E-state index contributed by atoms with van der Waals surface area (Å²) >= 11 is 12.9. The molecule has 29 heavy (non-hydrogen) atoms. The van der Waals surface area contributed by atoms with Crippen molar-refractivity contribution in [2.45, 2.75) is 6.73 Å². The molecule has 0 radical (unpaired) electrons. The van der Waals surface area contributed by atoms with Crippen molar-refractivity contribution in [3.8, 4) is 11.1 Å². The van der Waals surface area contributed by atoms with E-state index < -0.39 is 10.0 Å². The topological polar surface area (TPSA) is 57.8 Å². The van der Waals surface area contributed by atoms with Crippen LogP contribution in [0.25, 0.3) is 33.2 Å². The second-order valence-corrected chi connectivity index (χ2v) is 13.2. The molecule has 0 atom stereocenters. The molecule has 4 rings (SSSR count). The molecular weight excluding hydrogens is 429 g/mol. The lowest BCUT2D eigenvalue weighted by Crippen LogP contribution is -2.09. The molecule has 0 saturated carbocycles. The maximum Gasteiger partial charge on any atom is 0.162 e. The van der Waals surface area contributed by atoms with E-state index >= 15 is 0 Å². The lowest BCUT2D eigenvalue weighted by Gasteiger charge is -2.24. The van der Waals surface area contributed by atoms with Gasteiger partial charge in [0.25, 0.3) is 0 Å². The number of nitrogens with zero attached hydrogens (tertiary/aromatic N) is 5. The average Bonchev–Trinajstić information content (AvgIpc) is 3.19. The monoisotopic (exact) mass is 451 g/mol. The fraction of sp³-hybridized carbons (Fsp3) is 0.350. The summed E-state index contributed by atoms with van der Waals surface area (Å²) in [5.74, 6) is 1.05. The van der Waals surface area contributed by atoms with Crippen LogP contribution in [-0.4, -0.2) is 55.4 Å². The molecule has 1 aromatic carbocycles. The quantitative estimate of drug-likeness (QED) is 0.388. The van der Waals surface area contributed by atoms with Gasteiger partial charge in [-0.05, 0) is 24.8 Å². The second-order valence-electron chi connectivity index (χ2n) is 7.87. The summed E-state index contributed by atoms with van der Waals surface area (Å²) in [6.07, 6.45) is 12.3. The van der Waals surface area contributed by atoms with Crippen LogP contribution in [0.2, 0.25) is 10.2 Å². The van der Waals surface area contributed by atoms with E-state index in [0.717, 1.165) is 33.3 Å². The van der Waals surface area contributed by atoms with Crippen molar-refractivity contribution in [3.63, 3.8) is 0 Å². The van der Waals surface area contributed by atoms with Crippen LogP contribution in [0.1, 0.15) is 0 Å². The lowest BCUT2D eigenvalue weighted by atomic mass is 10.1. The Morgan fingerprint density at radius 1 is 1.10 bits per heavy atom. The van der Waals surface area contributed by atoms with E-state index in [4.69, 9.17) is 27.9 Å². The van der Waals surface area contributed by atoms with E-state index in [0.29, 0.717) is 29.2 Å². The van der Waals surface area contributed by atoms with E-state index in [1.54, 1.807) is 10.9 Å². The first-order valence-electron chi connectivity index (χ1n) is 9.10. The van der Waals surface area contributed by atoms with Crippen molar-refractivity contribution < 1.29 is 4.74 Å². The average molecular weight is 452 g/mol. The van der Waals surface area contributed by atoms with Gasteiger partial charge in [0.1, 0.15) is 17.4 Å². The molecule has 0 unspecified atom stereocenters. The summed E-state index contributed by atoms with van der Waals surface area (Å²) < 4.78 is 9.62. The number of rotatable bonds is 6. The van der Waals surface area contributed by atoms with Crippen LogP contribution < -0.4 is 0 Å². The molecule has 0 bridgehead atoms. The molecule has 0 aliphatic heterocycles. The van der Waals surface area contributed by atoms with Crippen LogP contribution in [0.3, 0.4) is 0 Å². The standard InChI is InChI=1S/C20H23Cl2N5OS/c1-26-10-15-16(25-26)6-5-13(18(15)22)14-11-27(12-28-7-8-29(2,3)4)20-19(14)23-9-17(21)24-20/h5-6,9-11H,7-8,12H2,1-4H3. The molecule has 0 saturated heterocycles. The first kappa shape index (κ1) is 20.5. The molecule has 6 nitrogen and oxygen atoms in total. The minimum absolute atomic E-state index is 0.344. The normalized spacial score (nSPS) is 12.9. The van der Waals surface area contributed by atoms with E-state index in [-0.39, 0.29) is 0 Å². The smallest absolute Gasteiger partial charge is 0.162 e. The van der Waals surface area contributed by atoms with Gasteiger partial charge < -0.3 is 9.30 Å². The fourth-order valence-electron chi connectivity index (χ4n) is 3.18. The van der Waals surface area contributed by atoms with Crippen molar-refractivity contribution in [2.24, 2.45) is 7.05 Å². The van der Waals surface area contributed by atoms with Crippen molar-refractivity contribution in [3.05, 3.63) is 40.9 Å². The minimum Gasteiger partial charge on any atom is -0.360 e. The zero-order valence-electron chi connectivity index (χ0n) is 16.8. The van der Waals surface area contributed by atoms with Crippen molar-refractivity contribution in [1.29, 1.82) is 0 Å². The number of fused-ring (bicyclic) bond motifs is 2. The Bertz CT molecular complexity index is 1200. The number of aromatic nitrogens is 5. The molecule has 0 aliphatic rings. The largest absolute Gasteiger partial charge is 0.360 e. The van der Waals surface area contributed by atoms with Gasteiger partial charge in [0, 0.05) is 41.7 Å². The fourth-order valence-corrected chi connectivity index (χ4v) is 4.24. The first-order valence-corrected chi connectivity index (χ1v) is 12.9. The van der Waals surface area contributed by atoms with E-state index in [9.17, 15) is 0 Å². The van der Waals surface area contributed by atoms with Gasteiger partial charge in [-0.1, -0.05) is 29.3 Å². The maximum absolute atomic E-state index is 6.74. The predicted molar refractivity (Wildman–Crippen MR) is 123 cm³/mol. The van der Waals surface area contributed by atoms with Crippen LogP contribution in [0.5, 0.6) is 0 Å². The van der Waals surface area contributed by atoms with Crippen LogP contribution in [-0.2, 0) is 18.5 Å². The summed E-state index contributed by atoms with van der Waals surface area (Å²) in [7, 11) is 1.28. The molecule has 154 valence electrons. The molecule has 3 heterocycles. The van der Waals surface area contributed by atoms with Crippen LogP contribution >= 0.6 is 33.2 Å². The van der Waals surface area contributed by atoms with Crippen LogP contribution in [0.15, 0.2) is 30.7 Å². The van der Waals surface area contributed by atoms with Gasteiger partial charge >= 0.3 is 0 Å². The highest BCUT2D eigenvalue weighted by Gasteiger charge is 2.18. The number of hydrogen-bond acceptors (Lipinski definition) is 4. The molecule has 0 fully saturated rings. The molecular formula is C20H23Cl2N5OS. The number of halogens is 2. The third-order valence-corrected chi connectivity index (χ3v) is 6.62. The summed E-state index contributed by atoms with van der Waals surface area (Å²) in [5, 5.41) is 6.31. The van der Waals surface area contributed by atoms with E-state index in [2.05, 4.69) is 33.8 Å². The number of benzene rings is 1. The van der Waals surface area contributed by atoms with E-state index in [1.165, 1.54) is 0 Å².